The molecule has 0 saturated carbocycles. The average Bonchev–Trinajstić information content (AvgIpc) is 2.94. The van der Waals surface area contributed by atoms with Crippen molar-refractivity contribution < 1.29 is 19.4 Å². The molecule has 2 rings (SSSR count). The Labute approximate surface area is 128 Å². The fourth-order valence-electron chi connectivity index (χ4n) is 2.65. The minimum atomic E-state index is -0.929. The number of carboxylic acid groups (broad SMARTS) is 1. The molecule has 1 aromatic carbocycles. The summed E-state index contributed by atoms with van der Waals surface area (Å²) in [6, 6.07) is 4.58. The van der Waals surface area contributed by atoms with Crippen LogP contribution in [0.3, 0.4) is 0 Å². The highest BCUT2D eigenvalue weighted by atomic mass is 35.5. The molecule has 1 amide bonds. The van der Waals surface area contributed by atoms with Gasteiger partial charge >= 0.3 is 5.97 Å². The number of hydrogen-bond acceptors (Lipinski definition) is 3. The molecule has 0 spiro atoms. The Morgan fingerprint density at radius 1 is 1.48 bits per heavy atom. The normalized spacial score (nSPS) is 17.8. The van der Waals surface area contributed by atoms with Crippen molar-refractivity contribution in [1.82, 2.24) is 4.90 Å². The smallest absolute Gasteiger partial charge is 0.326 e. The molecular weight excluding hydrogens is 294 g/mol. The predicted octanol–water partition coefficient (Wildman–Crippen LogP) is 2.36. The first-order valence-electron chi connectivity index (χ1n) is 6.87. The van der Waals surface area contributed by atoms with Crippen LogP contribution >= 0.6 is 11.6 Å². The van der Waals surface area contributed by atoms with Gasteiger partial charge in [0.25, 0.3) is 0 Å². The Kier molecular flexibility index (Phi) is 5.07. The van der Waals surface area contributed by atoms with Crippen molar-refractivity contribution in [2.75, 3.05) is 13.7 Å². The Bertz CT molecular complexity index is 546. The van der Waals surface area contributed by atoms with E-state index >= 15 is 0 Å². The highest BCUT2D eigenvalue weighted by molar-refractivity contribution is 6.30. The largest absolute Gasteiger partial charge is 0.496 e. The minimum Gasteiger partial charge on any atom is -0.496 e. The maximum Gasteiger partial charge on any atom is 0.326 e. The van der Waals surface area contributed by atoms with E-state index in [0.29, 0.717) is 30.2 Å². The number of nitrogens with zero attached hydrogens (tertiary/aromatic N) is 1. The molecule has 1 fully saturated rings. The van der Waals surface area contributed by atoms with E-state index in [0.717, 1.165) is 12.0 Å². The first-order valence-corrected chi connectivity index (χ1v) is 7.25. The standard InChI is InChI=1S/C15H18ClNO4/c1-21-13-6-5-11(16)9-10(13)4-7-14(18)17-8-2-3-12(17)15(19)20/h5-6,9,12H,2-4,7-8H2,1H3,(H,19,20). The molecule has 6 heteroatoms. The quantitative estimate of drug-likeness (QED) is 0.906. The summed E-state index contributed by atoms with van der Waals surface area (Å²) in [4.78, 5) is 24.8. The van der Waals surface area contributed by atoms with Gasteiger partial charge in [0.2, 0.25) is 5.91 Å². The Morgan fingerprint density at radius 3 is 2.90 bits per heavy atom. The first-order chi connectivity index (χ1) is 10.0. The van der Waals surface area contributed by atoms with E-state index in [-0.39, 0.29) is 12.3 Å². The zero-order valence-electron chi connectivity index (χ0n) is 11.8. The summed E-state index contributed by atoms with van der Waals surface area (Å²) in [6.07, 6.45) is 2.00. The maximum absolute atomic E-state index is 12.2. The number of aliphatic carboxylic acids is 1. The number of amides is 1. The van der Waals surface area contributed by atoms with E-state index in [1.807, 2.05) is 0 Å². The zero-order valence-corrected chi connectivity index (χ0v) is 12.6. The Morgan fingerprint density at radius 2 is 2.24 bits per heavy atom. The second-order valence-corrected chi connectivity index (χ2v) is 5.48. The van der Waals surface area contributed by atoms with E-state index in [4.69, 9.17) is 21.4 Å². The Hall–Kier alpha value is -1.75. The summed E-state index contributed by atoms with van der Waals surface area (Å²) >= 11 is 5.95. The molecule has 0 radical (unpaired) electrons. The molecule has 0 aromatic heterocycles. The molecule has 114 valence electrons. The average molecular weight is 312 g/mol. The molecule has 1 heterocycles. The lowest BCUT2D eigenvalue weighted by Gasteiger charge is -2.21. The molecule has 1 atom stereocenters. The summed E-state index contributed by atoms with van der Waals surface area (Å²) in [6.45, 7) is 0.516. The van der Waals surface area contributed by atoms with Crippen molar-refractivity contribution in [3.05, 3.63) is 28.8 Å². The van der Waals surface area contributed by atoms with E-state index in [2.05, 4.69) is 0 Å². The Balaban J connectivity index is 2.01. The van der Waals surface area contributed by atoms with Crippen molar-refractivity contribution in [3.63, 3.8) is 0 Å². The topological polar surface area (TPSA) is 66.8 Å². The van der Waals surface area contributed by atoms with Crippen LogP contribution in [0.15, 0.2) is 18.2 Å². The third-order valence-electron chi connectivity index (χ3n) is 3.71. The summed E-state index contributed by atoms with van der Waals surface area (Å²) < 4.78 is 5.24. The van der Waals surface area contributed by atoms with Crippen LogP contribution in [0, 0.1) is 0 Å². The van der Waals surface area contributed by atoms with Gasteiger partial charge in [0.1, 0.15) is 11.8 Å². The van der Waals surface area contributed by atoms with Crippen LogP contribution < -0.4 is 4.74 Å². The van der Waals surface area contributed by atoms with Gasteiger partial charge in [0, 0.05) is 18.0 Å². The van der Waals surface area contributed by atoms with Crippen molar-refractivity contribution in [3.8, 4) is 5.75 Å². The van der Waals surface area contributed by atoms with Gasteiger partial charge < -0.3 is 14.7 Å². The van der Waals surface area contributed by atoms with Gasteiger partial charge in [-0.05, 0) is 43.0 Å². The molecule has 1 saturated heterocycles. The lowest BCUT2D eigenvalue weighted by Crippen LogP contribution is -2.40. The number of aryl methyl sites for hydroxylation is 1. The van der Waals surface area contributed by atoms with E-state index in [9.17, 15) is 9.59 Å². The number of carboxylic acids is 1. The first kappa shape index (κ1) is 15.6. The summed E-state index contributed by atoms with van der Waals surface area (Å²) in [5.74, 6) is -0.383. The van der Waals surface area contributed by atoms with Crippen LogP contribution in [0.1, 0.15) is 24.8 Å². The van der Waals surface area contributed by atoms with Crippen molar-refractivity contribution in [2.24, 2.45) is 0 Å². The molecule has 1 aliphatic rings. The minimum absolute atomic E-state index is 0.137. The van der Waals surface area contributed by atoms with Crippen molar-refractivity contribution in [2.45, 2.75) is 31.7 Å². The van der Waals surface area contributed by atoms with Crippen LogP contribution in [0.5, 0.6) is 5.75 Å². The molecule has 21 heavy (non-hydrogen) atoms. The molecule has 0 aliphatic carbocycles. The van der Waals surface area contributed by atoms with E-state index in [1.165, 1.54) is 4.90 Å². The molecule has 1 aliphatic heterocycles. The maximum atomic E-state index is 12.2. The number of carbonyl (C=O) groups is 2. The fraction of sp³-hybridized carbons (Fsp3) is 0.467. The van der Waals surface area contributed by atoms with Gasteiger partial charge in [-0.1, -0.05) is 11.6 Å². The van der Waals surface area contributed by atoms with Crippen molar-refractivity contribution in [1.29, 1.82) is 0 Å². The van der Waals surface area contributed by atoms with Gasteiger partial charge in [-0.2, -0.15) is 0 Å². The lowest BCUT2D eigenvalue weighted by molar-refractivity contribution is -0.148. The van der Waals surface area contributed by atoms with Crippen LogP contribution in [0.4, 0.5) is 0 Å². The second-order valence-electron chi connectivity index (χ2n) is 5.04. The lowest BCUT2D eigenvalue weighted by atomic mass is 10.1. The van der Waals surface area contributed by atoms with Crippen molar-refractivity contribution >= 4 is 23.5 Å². The van der Waals surface area contributed by atoms with Gasteiger partial charge in [-0.15, -0.1) is 0 Å². The van der Waals surface area contributed by atoms with Gasteiger partial charge in [0.15, 0.2) is 0 Å². The fourth-order valence-corrected chi connectivity index (χ4v) is 2.84. The molecular formula is C15H18ClNO4. The van der Waals surface area contributed by atoms with E-state index in [1.54, 1.807) is 25.3 Å². The summed E-state index contributed by atoms with van der Waals surface area (Å²) in [5, 5.41) is 9.69. The number of likely N-dealkylation sites (tertiary alicyclic amines) is 1. The van der Waals surface area contributed by atoms with E-state index < -0.39 is 12.0 Å². The third-order valence-corrected chi connectivity index (χ3v) is 3.94. The van der Waals surface area contributed by atoms with Gasteiger partial charge in [-0.25, -0.2) is 4.79 Å². The molecule has 5 nitrogen and oxygen atoms in total. The predicted molar refractivity (Wildman–Crippen MR) is 78.7 cm³/mol. The zero-order chi connectivity index (χ0) is 15.4. The number of carbonyl (C=O) groups excluding carboxylic acids is 1. The highest BCUT2D eigenvalue weighted by Crippen LogP contribution is 2.25. The van der Waals surface area contributed by atoms with Gasteiger partial charge in [0.05, 0.1) is 7.11 Å². The number of benzene rings is 1. The molecule has 1 aromatic rings. The molecule has 1 unspecified atom stereocenters. The van der Waals surface area contributed by atoms with Crippen LogP contribution in [-0.2, 0) is 16.0 Å². The monoisotopic (exact) mass is 311 g/mol. The SMILES string of the molecule is COc1ccc(Cl)cc1CCC(=O)N1CCCC1C(=O)O. The number of methoxy groups -OCH3 is 1. The molecule has 0 bridgehead atoms. The number of hydrogen-bond donors (Lipinski definition) is 1. The number of halogens is 1. The summed E-state index contributed by atoms with van der Waals surface area (Å²) in [7, 11) is 1.56. The third kappa shape index (κ3) is 3.67. The van der Waals surface area contributed by atoms with Crippen LogP contribution in [0.2, 0.25) is 5.02 Å². The summed E-state index contributed by atoms with van der Waals surface area (Å²) in [5.41, 5.74) is 0.851. The van der Waals surface area contributed by atoms with Crippen LogP contribution in [-0.4, -0.2) is 41.6 Å². The number of ether oxygens (including phenoxy) is 1. The highest BCUT2D eigenvalue weighted by Gasteiger charge is 2.33. The van der Waals surface area contributed by atoms with Crippen LogP contribution in [0.25, 0.3) is 0 Å². The number of rotatable bonds is 5. The van der Waals surface area contributed by atoms with Gasteiger partial charge in [-0.3, -0.25) is 4.79 Å². The second kappa shape index (κ2) is 6.80. The molecule has 1 N–H and O–H groups in total.